The van der Waals surface area contributed by atoms with Gasteiger partial charge < -0.3 is 5.73 Å². The summed E-state index contributed by atoms with van der Waals surface area (Å²) < 4.78 is 26.4. The van der Waals surface area contributed by atoms with E-state index in [-0.39, 0.29) is 4.90 Å². The Balaban J connectivity index is 2.10. The number of para-hydroxylation sites is 1. The molecule has 2 atom stereocenters. The number of nitrogens with one attached hydrogen (secondary N) is 1. The Hall–Kier alpha value is -1.07. The van der Waals surface area contributed by atoms with Gasteiger partial charge in [-0.25, -0.2) is 13.1 Å². The van der Waals surface area contributed by atoms with Crippen molar-refractivity contribution in [2.24, 2.45) is 11.8 Å². The Kier molecular flexibility index (Phi) is 2.90. The first-order valence-electron chi connectivity index (χ1n) is 5.35. The number of nitrogen functional groups attached to an aromatic ring is 1. The van der Waals surface area contributed by atoms with Gasteiger partial charge in [0.25, 0.3) is 0 Å². The second kappa shape index (κ2) is 4.07. The van der Waals surface area contributed by atoms with Gasteiger partial charge in [-0.1, -0.05) is 19.1 Å². The molecule has 1 fully saturated rings. The van der Waals surface area contributed by atoms with Crippen LogP contribution >= 0.6 is 0 Å². The van der Waals surface area contributed by atoms with E-state index in [1.807, 2.05) is 0 Å². The van der Waals surface area contributed by atoms with E-state index in [9.17, 15) is 8.42 Å². The summed E-state index contributed by atoms with van der Waals surface area (Å²) in [7, 11) is -3.44. The summed E-state index contributed by atoms with van der Waals surface area (Å²) in [4.78, 5) is 0.170. The topological polar surface area (TPSA) is 72.2 Å². The van der Waals surface area contributed by atoms with Crippen LogP contribution in [0.4, 0.5) is 5.69 Å². The molecule has 0 radical (unpaired) electrons. The van der Waals surface area contributed by atoms with Gasteiger partial charge in [-0.2, -0.15) is 0 Å². The van der Waals surface area contributed by atoms with Gasteiger partial charge in [-0.05, 0) is 30.4 Å². The first-order valence-corrected chi connectivity index (χ1v) is 6.83. The molecule has 88 valence electrons. The van der Waals surface area contributed by atoms with Crippen molar-refractivity contribution in [2.45, 2.75) is 18.2 Å². The minimum atomic E-state index is -3.44. The number of hydrogen-bond acceptors (Lipinski definition) is 3. The van der Waals surface area contributed by atoms with Crippen molar-refractivity contribution < 1.29 is 8.42 Å². The molecule has 0 aromatic heterocycles. The second-order valence-corrected chi connectivity index (χ2v) is 6.10. The molecule has 2 unspecified atom stereocenters. The fourth-order valence-corrected chi connectivity index (χ4v) is 2.93. The maximum absolute atomic E-state index is 11.9. The lowest BCUT2D eigenvalue weighted by Gasteiger charge is -2.08. The molecule has 0 bridgehead atoms. The summed E-state index contributed by atoms with van der Waals surface area (Å²) in [6.07, 6.45) is 1.10. The molecule has 1 aliphatic carbocycles. The Labute approximate surface area is 95.9 Å². The minimum absolute atomic E-state index is 0.170. The third-order valence-electron chi connectivity index (χ3n) is 3.02. The second-order valence-electron chi connectivity index (χ2n) is 4.36. The monoisotopic (exact) mass is 240 g/mol. The molecule has 2 rings (SSSR count). The summed E-state index contributed by atoms with van der Waals surface area (Å²) in [6, 6.07) is 6.50. The Bertz CT molecular complexity index is 485. The van der Waals surface area contributed by atoms with Crippen molar-refractivity contribution in [1.82, 2.24) is 4.72 Å². The normalized spacial score (nSPS) is 24.3. The molecule has 16 heavy (non-hydrogen) atoms. The summed E-state index contributed by atoms with van der Waals surface area (Å²) in [5, 5.41) is 0. The van der Waals surface area contributed by atoms with Crippen LogP contribution in [0.15, 0.2) is 29.2 Å². The molecular weight excluding hydrogens is 224 g/mol. The van der Waals surface area contributed by atoms with E-state index in [1.165, 1.54) is 6.07 Å². The molecule has 0 saturated heterocycles. The van der Waals surface area contributed by atoms with Crippen LogP contribution < -0.4 is 10.5 Å². The van der Waals surface area contributed by atoms with Gasteiger partial charge in [-0.3, -0.25) is 0 Å². The van der Waals surface area contributed by atoms with Gasteiger partial charge in [0.1, 0.15) is 4.90 Å². The highest BCUT2D eigenvalue weighted by molar-refractivity contribution is 7.89. The van der Waals surface area contributed by atoms with E-state index in [2.05, 4.69) is 11.6 Å². The highest BCUT2D eigenvalue weighted by Gasteiger charge is 2.33. The third kappa shape index (κ3) is 2.36. The van der Waals surface area contributed by atoms with Crippen LogP contribution in [0, 0.1) is 11.8 Å². The Morgan fingerprint density at radius 2 is 2.06 bits per heavy atom. The largest absolute Gasteiger partial charge is 0.398 e. The summed E-state index contributed by atoms with van der Waals surface area (Å²) >= 11 is 0. The van der Waals surface area contributed by atoms with Gasteiger partial charge in [0.2, 0.25) is 10.0 Å². The van der Waals surface area contributed by atoms with E-state index in [4.69, 9.17) is 5.73 Å². The molecular formula is C11H16N2O2S. The molecule has 1 aromatic carbocycles. The molecule has 0 heterocycles. The van der Waals surface area contributed by atoms with Crippen LogP contribution in [0.3, 0.4) is 0 Å². The average Bonchev–Trinajstić information content (AvgIpc) is 2.92. The van der Waals surface area contributed by atoms with Gasteiger partial charge in [0.05, 0.1) is 5.69 Å². The average molecular weight is 240 g/mol. The van der Waals surface area contributed by atoms with Crippen molar-refractivity contribution in [3.05, 3.63) is 24.3 Å². The van der Waals surface area contributed by atoms with E-state index < -0.39 is 10.0 Å². The van der Waals surface area contributed by atoms with Crippen molar-refractivity contribution in [3.63, 3.8) is 0 Å². The lowest BCUT2D eigenvalue weighted by molar-refractivity contribution is 0.575. The molecule has 1 aromatic rings. The lowest BCUT2D eigenvalue weighted by Crippen LogP contribution is -2.26. The first kappa shape index (κ1) is 11.4. The number of sulfonamides is 1. The van der Waals surface area contributed by atoms with Crippen LogP contribution in [0.25, 0.3) is 0 Å². The van der Waals surface area contributed by atoms with Crippen LogP contribution in [-0.4, -0.2) is 15.0 Å². The van der Waals surface area contributed by atoms with E-state index in [0.29, 0.717) is 24.1 Å². The molecule has 0 amide bonds. The molecule has 5 heteroatoms. The SMILES string of the molecule is CC1CC1CNS(=O)(=O)c1ccccc1N. The van der Waals surface area contributed by atoms with Crippen LogP contribution in [0.2, 0.25) is 0 Å². The maximum Gasteiger partial charge on any atom is 0.242 e. The summed E-state index contributed by atoms with van der Waals surface area (Å²) in [6.45, 7) is 2.63. The molecule has 0 aliphatic heterocycles. The summed E-state index contributed by atoms with van der Waals surface area (Å²) in [5.41, 5.74) is 5.93. The molecule has 0 spiro atoms. The Morgan fingerprint density at radius 1 is 1.44 bits per heavy atom. The van der Waals surface area contributed by atoms with Gasteiger partial charge >= 0.3 is 0 Å². The highest BCUT2D eigenvalue weighted by Crippen LogP contribution is 2.37. The Morgan fingerprint density at radius 3 is 2.62 bits per heavy atom. The predicted octanol–water partition coefficient (Wildman–Crippen LogP) is 1.20. The highest BCUT2D eigenvalue weighted by atomic mass is 32.2. The van der Waals surface area contributed by atoms with Crippen molar-refractivity contribution >= 4 is 15.7 Å². The van der Waals surface area contributed by atoms with Crippen LogP contribution in [0.1, 0.15) is 13.3 Å². The zero-order chi connectivity index (χ0) is 11.8. The number of nitrogens with two attached hydrogens (primary N) is 1. The number of hydrogen-bond donors (Lipinski definition) is 2. The van der Waals surface area contributed by atoms with Crippen molar-refractivity contribution in [2.75, 3.05) is 12.3 Å². The van der Waals surface area contributed by atoms with Crippen molar-refractivity contribution in [1.29, 1.82) is 0 Å². The quantitative estimate of drug-likeness (QED) is 0.777. The molecule has 3 N–H and O–H groups in total. The number of benzene rings is 1. The van der Waals surface area contributed by atoms with Gasteiger partial charge in [0.15, 0.2) is 0 Å². The van der Waals surface area contributed by atoms with Crippen LogP contribution in [-0.2, 0) is 10.0 Å². The van der Waals surface area contributed by atoms with E-state index in [1.54, 1.807) is 18.2 Å². The molecule has 1 aliphatic rings. The number of anilines is 1. The maximum atomic E-state index is 11.9. The third-order valence-corrected chi connectivity index (χ3v) is 4.52. The smallest absolute Gasteiger partial charge is 0.242 e. The van der Waals surface area contributed by atoms with E-state index in [0.717, 1.165) is 6.42 Å². The minimum Gasteiger partial charge on any atom is -0.398 e. The fourth-order valence-electron chi connectivity index (χ4n) is 1.70. The van der Waals surface area contributed by atoms with Crippen LogP contribution in [0.5, 0.6) is 0 Å². The fraction of sp³-hybridized carbons (Fsp3) is 0.455. The molecule has 4 nitrogen and oxygen atoms in total. The number of rotatable bonds is 4. The first-order chi connectivity index (χ1) is 7.50. The van der Waals surface area contributed by atoms with E-state index >= 15 is 0 Å². The zero-order valence-corrected chi connectivity index (χ0v) is 10.00. The molecule has 1 saturated carbocycles. The van der Waals surface area contributed by atoms with Crippen molar-refractivity contribution in [3.8, 4) is 0 Å². The van der Waals surface area contributed by atoms with Gasteiger partial charge in [0, 0.05) is 6.54 Å². The standard InChI is InChI=1S/C11H16N2O2S/c1-8-6-9(8)7-13-16(14,15)11-5-3-2-4-10(11)12/h2-5,8-9,13H,6-7,12H2,1H3. The van der Waals surface area contributed by atoms with Gasteiger partial charge in [-0.15, -0.1) is 0 Å². The lowest BCUT2D eigenvalue weighted by atomic mass is 10.3. The predicted molar refractivity (Wildman–Crippen MR) is 63.3 cm³/mol. The summed E-state index contributed by atoms with van der Waals surface area (Å²) in [5.74, 6) is 1.12. The zero-order valence-electron chi connectivity index (χ0n) is 9.18.